The lowest BCUT2D eigenvalue weighted by atomic mass is 9.61. The maximum Gasteiger partial charge on any atom is 0.410 e. The van der Waals surface area contributed by atoms with E-state index in [-0.39, 0.29) is 29.7 Å². The number of carbonyl (C=O) groups excluding carboxylic acids is 1. The molecule has 3 aliphatic carbocycles. The number of alkyl halides is 1. The minimum atomic E-state index is -0.974. The molecule has 14 heteroatoms. The van der Waals surface area contributed by atoms with Crippen LogP contribution in [0.1, 0.15) is 96.8 Å². The largest absolute Gasteiger partial charge is 0.471 e. The number of carbonyl (C=O) groups is 1. The van der Waals surface area contributed by atoms with Crippen molar-refractivity contribution < 1.29 is 37.0 Å². The lowest BCUT2D eigenvalue weighted by Gasteiger charge is -2.50. The number of likely N-dealkylation sites (N-methyl/N-ethyl adjacent to an activating group) is 1. The van der Waals surface area contributed by atoms with E-state index in [2.05, 4.69) is 10.1 Å². The van der Waals surface area contributed by atoms with Crippen molar-refractivity contribution in [3.05, 3.63) is 17.1 Å². The van der Waals surface area contributed by atoms with E-state index in [0.717, 1.165) is 62.7 Å². The molecule has 274 valence electrons. The maximum absolute atomic E-state index is 16.7. The molecule has 4 atom stereocenters. The molecule has 3 saturated heterocycles. The maximum atomic E-state index is 16.7. The van der Waals surface area contributed by atoms with Crippen LogP contribution in [0.25, 0.3) is 11.5 Å². The minimum absolute atomic E-state index is 0.0920. The Hall–Kier alpha value is -3.10. The predicted octanol–water partition coefficient (Wildman–Crippen LogP) is 5.56. The monoisotopic (exact) mass is 700 g/mol. The summed E-state index contributed by atoms with van der Waals surface area (Å²) in [7, 11) is 1.85. The molecule has 5 fully saturated rings. The van der Waals surface area contributed by atoms with Gasteiger partial charge < -0.3 is 28.4 Å². The van der Waals surface area contributed by atoms with Crippen LogP contribution < -0.4 is 9.64 Å². The number of fused-ring (bicyclic) bond motifs is 3. The van der Waals surface area contributed by atoms with E-state index in [1.165, 1.54) is 0 Å². The number of aromatic nitrogens is 3. The fourth-order valence-electron chi connectivity index (χ4n) is 9.38. The number of hydrogen-bond donors (Lipinski definition) is 0. The van der Waals surface area contributed by atoms with Crippen molar-refractivity contribution in [2.45, 2.75) is 133 Å². The summed E-state index contributed by atoms with van der Waals surface area (Å²) in [5.41, 5.74) is -0.197. The number of piperazine rings is 1. The Morgan fingerprint density at radius 2 is 1.78 bits per heavy atom. The number of hydrogen-bond acceptors (Lipinski definition) is 11. The van der Waals surface area contributed by atoms with Gasteiger partial charge in [0.15, 0.2) is 28.9 Å². The molecule has 8 rings (SSSR count). The normalized spacial score (nSPS) is 29.5. The van der Waals surface area contributed by atoms with Crippen molar-refractivity contribution in [3.8, 4) is 17.4 Å². The fraction of sp³-hybridized carbons (Fsp3) is 0.778. The number of likely N-dealkylation sites (tertiary alicyclic amines) is 1. The quantitative estimate of drug-likeness (QED) is 0.391. The molecule has 0 radical (unpaired) electrons. The Labute approximate surface area is 292 Å². The number of anilines is 1. The highest BCUT2D eigenvalue weighted by atomic mass is 19.1. The van der Waals surface area contributed by atoms with Crippen LogP contribution in [-0.2, 0) is 26.0 Å². The first kappa shape index (κ1) is 34.0. The third-order valence-electron chi connectivity index (χ3n) is 11.9. The Kier molecular flexibility index (Phi) is 8.34. The van der Waals surface area contributed by atoms with Crippen LogP contribution in [0.2, 0.25) is 0 Å². The highest BCUT2D eigenvalue weighted by Crippen LogP contribution is 2.57. The molecular formula is C36H50F2N6O6. The molecule has 5 heterocycles. The molecule has 0 aromatic carbocycles. The number of nitrogens with zero attached hydrogens (tertiary/aromatic N) is 6. The highest BCUT2D eigenvalue weighted by molar-refractivity contribution is 5.71. The summed E-state index contributed by atoms with van der Waals surface area (Å²) in [4.78, 5) is 28.3. The van der Waals surface area contributed by atoms with Crippen LogP contribution in [0, 0.1) is 5.82 Å². The molecule has 3 spiro atoms. The zero-order valence-corrected chi connectivity index (χ0v) is 29.9. The first-order chi connectivity index (χ1) is 23.8. The van der Waals surface area contributed by atoms with E-state index in [0.29, 0.717) is 57.9 Å². The minimum Gasteiger partial charge on any atom is -0.471 e. The summed E-state index contributed by atoms with van der Waals surface area (Å²) < 4.78 is 62.1. The lowest BCUT2D eigenvalue weighted by molar-refractivity contribution is -0.235. The number of ether oxygens (including phenoxy) is 4. The van der Waals surface area contributed by atoms with Crippen molar-refractivity contribution in [2.75, 3.05) is 51.3 Å². The molecule has 0 N–H and O–H groups in total. The average molecular weight is 701 g/mol. The van der Waals surface area contributed by atoms with Crippen LogP contribution in [-0.4, -0.2) is 113 Å². The van der Waals surface area contributed by atoms with E-state index in [1.807, 2.05) is 44.5 Å². The van der Waals surface area contributed by atoms with Gasteiger partial charge in [-0.1, -0.05) is 11.6 Å². The van der Waals surface area contributed by atoms with E-state index in [1.54, 1.807) is 4.90 Å². The third kappa shape index (κ3) is 5.64. The Bertz CT molecular complexity index is 1620. The van der Waals surface area contributed by atoms with Crippen molar-refractivity contribution >= 4 is 11.9 Å². The molecule has 1 amide bonds. The van der Waals surface area contributed by atoms with Crippen molar-refractivity contribution in [3.63, 3.8) is 0 Å². The molecular weight excluding hydrogens is 650 g/mol. The standard InChI is InChI=1S/C36H50F2N6O6/c1-22(25-19-23(37)20-42(25)5)48-31-26(38)30(43-15-16-44(34(21-43)13-14-34)32(45)49-33(2,3)4)39-29(40-31)27-24-9-8-11-35(28(24)50-41-27)10-6-7-12-36(35)46-17-18-47-36/h22-23,25H,6-21H2,1-5H3/t22-,23+,25-,35-/m0/s1. The summed E-state index contributed by atoms with van der Waals surface area (Å²) >= 11 is 0. The Morgan fingerprint density at radius 1 is 1.04 bits per heavy atom. The highest BCUT2D eigenvalue weighted by Gasteiger charge is 2.62. The fourth-order valence-corrected chi connectivity index (χ4v) is 9.38. The second kappa shape index (κ2) is 12.3. The van der Waals surface area contributed by atoms with Crippen molar-refractivity contribution in [2.24, 2.45) is 0 Å². The molecule has 3 aliphatic heterocycles. The summed E-state index contributed by atoms with van der Waals surface area (Å²) in [5, 5.41) is 4.58. The Morgan fingerprint density at radius 3 is 2.48 bits per heavy atom. The first-order valence-electron chi connectivity index (χ1n) is 18.5. The van der Waals surface area contributed by atoms with Crippen molar-refractivity contribution in [1.29, 1.82) is 0 Å². The SMILES string of the molecule is C[C@H](Oc1nc(-c2noc3c2CCC[C@@]32CCCCC23OCCO3)nc(N2CCN(C(=O)OC(C)(C)C)C3(CC3)C2)c1F)[C@@H]1C[C@@H](F)CN1C. The zero-order chi connectivity index (χ0) is 35.1. The van der Waals surface area contributed by atoms with Gasteiger partial charge in [0, 0.05) is 44.2 Å². The third-order valence-corrected chi connectivity index (χ3v) is 11.9. The topological polar surface area (TPSA) is 116 Å². The van der Waals surface area contributed by atoms with Crippen LogP contribution in [0.5, 0.6) is 5.88 Å². The van der Waals surface area contributed by atoms with Crippen molar-refractivity contribution in [1.82, 2.24) is 24.9 Å². The van der Waals surface area contributed by atoms with Gasteiger partial charge in [-0.15, -0.1) is 0 Å². The van der Waals surface area contributed by atoms with Gasteiger partial charge in [-0.2, -0.15) is 9.37 Å². The second-order valence-electron chi connectivity index (χ2n) is 16.4. The summed E-state index contributed by atoms with van der Waals surface area (Å²) in [6.07, 6.45) is 6.15. The molecule has 0 unspecified atom stereocenters. The van der Waals surface area contributed by atoms with E-state index >= 15 is 4.39 Å². The molecule has 2 aromatic heterocycles. The second-order valence-corrected chi connectivity index (χ2v) is 16.4. The van der Waals surface area contributed by atoms with Gasteiger partial charge >= 0.3 is 6.09 Å². The van der Waals surface area contributed by atoms with Crippen LogP contribution in [0.3, 0.4) is 0 Å². The van der Waals surface area contributed by atoms with Gasteiger partial charge in [-0.25, -0.2) is 14.2 Å². The zero-order valence-electron chi connectivity index (χ0n) is 29.9. The lowest BCUT2D eigenvalue weighted by Crippen LogP contribution is -2.58. The smallest absolute Gasteiger partial charge is 0.410 e. The first-order valence-corrected chi connectivity index (χ1v) is 18.5. The van der Waals surface area contributed by atoms with Gasteiger partial charge in [0.25, 0.3) is 5.88 Å². The number of rotatable bonds is 5. The molecule has 12 nitrogen and oxygen atoms in total. The van der Waals surface area contributed by atoms with Gasteiger partial charge in [0.2, 0.25) is 5.82 Å². The number of halogens is 2. The van der Waals surface area contributed by atoms with Gasteiger partial charge in [-0.3, -0.25) is 9.80 Å². The van der Waals surface area contributed by atoms with Crippen LogP contribution in [0.4, 0.5) is 19.4 Å². The molecule has 2 aromatic rings. The van der Waals surface area contributed by atoms with Gasteiger partial charge in [0.05, 0.1) is 24.2 Å². The van der Waals surface area contributed by atoms with Gasteiger partial charge in [0.1, 0.15) is 17.9 Å². The number of amides is 1. The Balaban J connectivity index is 1.17. The predicted molar refractivity (Wildman–Crippen MR) is 178 cm³/mol. The molecule has 2 saturated carbocycles. The van der Waals surface area contributed by atoms with Crippen LogP contribution >= 0.6 is 0 Å². The summed E-state index contributed by atoms with van der Waals surface area (Å²) in [6, 6.07) is -0.244. The molecule has 50 heavy (non-hydrogen) atoms. The van der Waals surface area contributed by atoms with E-state index < -0.39 is 40.4 Å². The van der Waals surface area contributed by atoms with E-state index in [9.17, 15) is 9.18 Å². The average Bonchev–Trinajstić information content (AvgIpc) is 3.38. The van der Waals surface area contributed by atoms with Crippen LogP contribution in [0.15, 0.2) is 4.52 Å². The summed E-state index contributed by atoms with van der Waals surface area (Å²) in [5.74, 6) is -0.571. The molecule has 6 aliphatic rings. The molecule has 0 bridgehead atoms. The summed E-state index contributed by atoms with van der Waals surface area (Å²) in [6.45, 7) is 9.86. The van der Waals surface area contributed by atoms with E-state index in [4.69, 9.17) is 28.5 Å². The van der Waals surface area contributed by atoms with Gasteiger partial charge in [-0.05, 0) is 86.1 Å².